The Labute approximate surface area is 58.1 Å². The fourth-order valence-electron chi connectivity index (χ4n) is 0. The first-order chi connectivity index (χ1) is 2.56. The maximum atomic E-state index is 9.25. The average molecular weight is 132 g/mol. The van der Waals surface area contributed by atoms with Gasteiger partial charge in [0.15, 0.2) is 0 Å². The van der Waals surface area contributed by atoms with Crippen LogP contribution in [-0.2, 0) is 9.01 Å². The van der Waals surface area contributed by atoms with Gasteiger partial charge in [0, 0.05) is 7.82 Å². The van der Waals surface area contributed by atoms with Gasteiger partial charge in [-0.25, -0.2) is 0 Å². The predicted molar refractivity (Wildman–Crippen MR) is 23.0 cm³/mol. The van der Waals surface area contributed by atoms with E-state index in [-0.39, 0.29) is 23.1 Å². The number of phosphoric acid groups is 1. The zero-order valence-corrected chi connectivity index (χ0v) is 6.10. The second-order valence-electron chi connectivity index (χ2n) is 0.630. The van der Waals surface area contributed by atoms with Crippen LogP contribution < -0.4 is 9.79 Å². The van der Waals surface area contributed by atoms with Gasteiger partial charge in [-0.2, -0.15) is 0 Å². The zero-order valence-electron chi connectivity index (χ0n) is 3.79. The Kier molecular flexibility index (Phi) is 6.02. The standard InChI is InChI=1S/BH4O4P.Mg/c1-5-6(2,3)4;/h1H2,(H2,2,3,4);/q;+2/p-2. The van der Waals surface area contributed by atoms with Crippen molar-refractivity contribution in [3.63, 3.8) is 0 Å². The molecule has 7 heteroatoms. The summed E-state index contributed by atoms with van der Waals surface area (Å²) in [5.41, 5.74) is 0. The molecule has 4 nitrogen and oxygen atoms in total. The molecule has 0 saturated carbocycles. The van der Waals surface area contributed by atoms with Crippen LogP contribution >= 0.6 is 7.82 Å². The summed E-state index contributed by atoms with van der Waals surface area (Å²) in [5.74, 6) is 0. The van der Waals surface area contributed by atoms with Crippen molar-refractivity contribution in [1.29, 1.82) is 0 Å². The monoisotopic (exact) mass is 132 g/mol. The molecule has 0 spiro atoms. The van der Waals surface area contributed by atoms with E-state index in [1.54, 1.807) is 0 Å². The Morgan fingerprint density at radius 2 is 1.71 bits per heavy atom. The first kappa shape index (κ1) is 10.8. The molecule has 0 N–H and O–H groups in total. The Hall–Kier alpha value is 0.941. The van der Waals surface area contributed by atoms with Gasteiger partial charge >= 0.3 is 23.1 Å². The van der Waals surface area contributed by atoms with Crippen molar-refractivity contribution >= 4 is 38.9 Å². The molecular formula is H2BMgO4P. The summed E-state index contributed by atoms with van der Waals surface area (Å²) in [6.45, 7) is 0. The van der Waals surface area contributed by atoms with Gasteiger partial charge in [0.1, 0.15) is 0 Å². The second kappa shape index (κ2) is 3.89. The zero-order chi connectivity index (χ0) is 5.21. The van der Waals surface area contributed by atoms with E-state index in [9.17, 15) is 14.4 Å². The fourth-order valence-corrected chi connectivity index (χ4v) is 0. The summed E-state index contributed by atoms with van der Waals surface area (Å²) in [6, 6.07) is 0. The van der Waals surface area contributed by atoms with E-state index in [2.05, 4.69) is 4.44 Å². The Morgan fingerprint density at radius 1 is 1.57 bits per heavy atom. The van der Waals surface area contributed by atoms with Gasteiger partial charge in [0.2, 0.25) is 0 Å². The minimum Gasteiger partial charge on any atom is -0.791 e. The van der Waals surface area contributed by atoms with Crippen LogP contribution in [0.1, 0.15) is 0 Å². The topological polar surface area (TPSA) is 72.4 Å². The van der Waals surface area contributed by atoms with E-state index >= 15 is 0 Å². The molecule has 7 heavy (non-hydrogen) atoms. The summed E-state index contributed by atoms with van der Waals surface area (Å²) < 4.78 is 12.6. The minimum atomic E-state index is -4.65. The van der Waals surface area contributed by atoms with Crippen molar-refractivity contribution in [2.24, 2.45) is 0 Å². The van der Waals surface area contributed by atoms with Crippen molar-refractivity contribution in [3.05, 3.63) is 0 Å². The predicted octanol–water partition coefficient (Wildman–Crippen LogP) is -3.00. The van der Waals surface area contributed by atoms with Gasteiger partial charge in [-0.3, -0.25) is 0 Å². The quantitative estimate of drug-likeness (QED) is 0.281. The Balaban J connectivity index is 0. The van der Waals surface area contributed by atoms with E-state index in [0.29, 0.717) is 0 Å². The van der Waals surface area contributed by atoms with Gasteiger partial charge in [-0.15, -0.1) is 0 Å². The molecule has 0 aliphatic heterocycles. The summed E-state index contributed by atoms with van der Waals surface area (Å²) in [7, 11) is -3.83. The third-order valence-corrected chi connectivity index (χ3v) is 0.671. The van der Waals surface area contributed by atoms with Crippen molar-refractivity contribution in [2.75, 3.05) is 0 Å². The normalized spacial score (nSPS) is 10.0. The van der Waals surface area contributed by atoms with Crippen LogP contribution in [-0.4, -0.2) is 31.1 Å². The van der Waals surface area contributed by atoms with Gasteiger partial charge in [-0.1, -0.05) is 0 Å². The maximum Gasteiger partial charge on any atom is 2.00 e. The van der Waals surface area contributed by atoms with Crippen LogP contribution in [0.15, 0.2) is 0 Å². The molecule has 0 amide bonds. The van der Waals surface area contributed by atoms with Crippen molar-refractivity contribution in [3.8, 4) is 0 Å². The number of hydrogen-bond acceptors (Lipinski definition) is 4. The molecule has 0 heterocycles. The van der Waals surface area contributed by atoms with Crippen molar-refractivity contribution in [2.45, 2.75) is 0 Å². The van der Waals surface area contributed by atoms with E-state index in [0.717, 1.165) is 8.05 Å². The minimum absolute atomic E-state index is 0. The van der Waals surface area contributed by atoms with Crippen LogP contribution in [0.4, 0.5) is 0 Å². The third kappa shape index (κ3) is 10.9. The summed E-state index contributed by atoms with van der Waals surface area (Å²) in [5, 5.41) is 0. The second-order valence-corrected chi connectivity index (χ2v) is 1.89. The fraction of sp³-hybridized carbons (Fsp3) is 0. The van der Waals surface area contributed by atoms with Crippen molar-refractivity contribution in [1.82, 2.24) is 0 Å². The molecule has 0 unspecified atom stereocenters. The molecule has 0 aromatic heterocycles. The third-order valence-electron chi connectivity index (χ3n) is 0.224. The molecule has 36 valence electrons. The van der Waals surface area contributed by atoms with Crippen LogP contribution in [0.2, 0.25) is 0 Å². The molecule has 0 fully saturated rings. The molecule has 0 radical (unpaired) electrons. The van der Waals surface area contributed by atoms with E-state index < -0.39 is 7.82 Å². The number of rotatable bonds is 1. The molecule has 0 aliphatic rings. The first-order valence-corrected chi connectivity index (χ1v) is 2.60. The molecule has 0 aromatic carbocycles. The SMILES string of the molecule is BOP(=O)([O-])[O-].[Mg+2]. The van der Waals surface area contributed by atoms with Gasteiger partial charge in [0.25, 0.3) is 8.05 Å². The molecule has 0 bridgehead atoms. The van der Waals surface area contributed by atoms with Crippen LogP contribution in [0.25, 0.3) is 0 Å². The van der Waals surface area contributed by atoms with Gasteiger partial charge < -0.3 is 18.8 Å². The van der Waals surface area contributed by atoms with E-state index in [1.807, 2.05) is 0 Å². The molecular weight excluding hydrogens is 130 g/mol. The smallest absolute Gasteiger partial charge is 0.791 e. The Bertz CT molecular complexity index is 75.8. The number of hydrogen-bond donors (Lipinski definition) is 0. The van der Waals surface area contributed by atoms with Crippen LogP contribution in [0, 0.1) is 0 Å². The van der Waals surface area contributed by atoms with Gasteiger partial charge in [0.05, 0.1) is 0 Å². The van der Waals surface area contributed by atoms with Crippen LogP contribution in [0.3, 0.4) is 0 Å². The maximum absolute atomic E-state index is 9.25. The Morgan fingerprint density at radius 3 is 1.71 bits per heavy atom. The molecule has 0 aliphatic carbocycles. The average Bonchev–Trinajstić information content (AvgIpc) is 1.35. The van der Waals surface area contributed by atoms with Crippen molar-refractivity contribution < 1.29 is 18.8 Å². The summed E-state index contributed by atoms with van der Waals surface area (Å²) in [4.78, 5) is 18.5. The molecule has 0 rings (SSSR count). The summed E-state index contributed by atoms with van der Waals surface area (Å²) in [6.07, 6.45) is 0. The van der Waals surface area contributed by atoms with Crippen LogP contribution in [0.5, 0.6) is 0 Å². The first-order valence-electron chi connectivity index (χ1n) is 1.14. The van der Waals surface area contributed by atoms with E-state index in [4.69, 9.17) is 0 Å². The molecule has 0 saturated heterocycles. The molecule has 0 aromatic rings. The largest absolute Gasteiger partial charge is 2.00 e. The van der Waals surface area contributed by atoms with Gasteiger partial charge in [-0.05, 0) is 0 Å². The molecule has 0 atom stereocenters. The van der Waals surface area contributed by atoms with E-state index in [1.165, 1.54) is 0 Å². The summed E-state index contributed by atoms with van der Waals surface area (Å²) >= 11 is 0.